The molecule has 5 nitrogen and oxygen atoms in total. The highest BCUT2D eigenvalue weighted by molar-refractivity contribution is 7.14. The van der Waals surface area contributed by atoms with Gasteiger partial charge in [0, 0.05) is 17.3 Å². The third-order valence-corrected chi connectivity index (χ3v) is 5.27. The number of fused-ring (bicyclic) bond motifs is 1. The maximum atomic E-state index is 12.4. The second-order valence-electron chi connectivity index (χ2n) is 6.03. The number of anilines is 2. The maximum Gasteiger partial charge on any atom is 0.265 e. The van der Waals surface area contributed by atoms with Crippen LogP contribution in [0.15, 0.2) is 65.8 Å². The Labute approximate surface area is 150 Å². The third kappa shape index (κ3) is 3.34. The molecule has 1 aliphatic carbocycles. The molecule has 2 aliphatic rings. The summed E-state index contributed by atoms with van der Waals surface area (Å²) in [6.07, 6.45) is 8.32. The zero-order valence-electron chi connectivity index (χ0n) is 13.6. The number of amides is 1. The molecule has 1 amide bonds. The molecule has 1 unspecified atom stereocenters. The Hall–Kier alpha value is -2.86. The minimum absolute atomic E-state index is 0.138. The van der Waals surface area contributed by atoms with Gasteiger partial charge in [0.25, 0.3) is 5.91 Å². The normalized spacial score (nSPS) is 18.2. The maximum absolute atomic E-state index is 12.4. The number of nitrogens with one attached hydrogen (secondary N) is 1. The first kappa shape index (κ1) is 15.7. The third-order valence-electron chi connectivity index (χ3n) is 4.20. The summed E-state index contributed by atoms with van der Waals surface area (Å²) in [5.74, 6) is 0.246. The second kappa shape index (κ2) is 6.57. The van der Waals surface area contributed by atoms with Gasteiger partial charge in [-0.15, -0.1) is 11.3 Å². The van der Waals surface area contributed by atoms with Crippen LogP contribution in [0.4, 0.5) is 11.4 Å². The molecule has 4 rings (SSSR count). The molecule has 25 heavy (non-hydrogen) atoms. The highest BCUT2D eigenvalue weighted by atomic mass is 32.1. The summed E-state index contributed by atoms with van der Waals surface area (Å²) in [6.45, 7) is 1.60. The number of nitrogens with two attached hydrogens (primary N) is 1. The van der Waals surface area contributed by atoms with Crippen LogP contribution in [0.25, 0.3) is 0 Å². The van der Waals surface area contributed by atoms with Crippen molar-refractivity contribution in [3.63, 3.8) is 0 Å². The summed E-state index contributed by atoms with van der Waals surface area (Å²) in [4.78, 5) is 14.2. The monoisotopic (exact) mass is 350 g/mol. The van der Waals surface area contributed by atoms with Gasteiger partial charge in [0.05, 0.1) is 28.5 Å². The molecule has 0 radical (unpaired) electrons. The largest absolute Gasteiger partial charge is 0.397 e. The lowest BCUT2D eigenvalue weighted by molar-refractivity contribution is 0.103. The van der Waals surface area contributed by atoms with Crippen molar-refractivity contribution in [2.24, 2.45) is 11.0 Å². The number of thiophene rings is 1. The molecule has 3 N–H and O–H groups in total. The van der Waals surface area contributed by atoms with Gasteiger partial charge in [-0.05, 0) is 30.3 Å². The summed E-state index contributed by atoms with van der Waals surface area (Å²) in [5.41, 5.74) is 8.18. The SMILES string of the molecule is Nc1ccccc1NC(=O)c1ccc(CN2CC3C=CC=CC3=N2)s1. The van der Waals surface area contributed by atoms with Gasteiger partial charge >= 0.3 is 0 Å². The van der Waals surface area contributed by atoms with E-state index in [1.807, 2.05) is 30.3 Å². The average Bonchev–Trinajstić information content (AvgIpc) is 3.23. The first-order valence-corrected chi connectivity index (χ1v) is 8.93. The van der Waals surface area contributed by atoms with Crippen LogP contribution in [0.5, 0.6) is 0 Å². The van der Waals surface area contributed by atoms with Crippen molar-refractivity contribution in [2.75, 3.05) is 17.6 Å². The summed E-state index contributed by atoms with van der Waals surface area (Å²) in [7, 11) is 0. The van der Waals surface area contributed by atoms with E-state index in [4.69, 9.17) is 5.73 Å². The van der Waals surface area contributed by atoms with Crippen molar-refractivity contribution >= 4 is 34.3 Å². The Balaban J connectivity index is 1.41. The number of nitrogen functional groups attached to an aromatic ring is 1. The summed E-state index contributed by atoms with van der Waals surface area (Å²) < 4.78 is 0. The summed E-state index contributed by atoms with van der Waals surface area (Å²) >= 11 is 1.49. The lowest BCUT2D eigenvalue weighted by atomic mass is 10.00. The Bertz CT molecular complexity index is 896. The van der Waals surface area contributed by atoms with Crippen molar-refractivity contribution in [2.45, 2.75) is 6.54 Å². The quantitative estimate of drug-likeness (QED) is 0.829. The smallest absolute Gasteiger partial charge is 0.265 e. The van der Waals surface area contributed by atoms with E-state index in [0.29, 0.717) is 28.7 Å². The number of carbonyl (C=O) groups is 1. The van der Waals surface area contributed by atoms with Crippen LogP contribution in [0.1, 0.15) is 14.5 Å². The number of hydrazone groups is 1. The van der Waals surface area contributed by atoms with E-state index >= 15 is 0 Å². The number of nitrogens with zero attached hydrogens (tertiary/aromatic N) is 2. The first-order valence-electron chi connectivity index (χ1n) is 8.12. The number of hydrogen-bond acceptors (Lipinski definition) is 5. The fourth-order valence-electron chi connectivity index (χ4n) is 2.93. The fourth-order valence-corrected chi connectivity index (χ4v) is 3.84. The number of carbonyl (C=O) groups excluding carboxylic acids is 1. The van der Waals surface area contributed by atoms with Gasteiger partial charge in [-0.25, -0.2) is 0 Å². The van der Waals surface area contributed by atoms with Gasteiger partial charge in [0.2, 0.25) is 0 Å². The minimum Gasteiger partial charge on any atom is -0.397 e. The van der Waals surface area contributed by atoms with Gasteiger partial charge in [-0.3, -0.25) is 9.80 Å². The van der Waals surface area contributed by atoms with E-state index in [0.717, 1.165) is 17.1 Å². The average molecular weight is 350 g/mol. The molecule has 0 saturated heterocycles. The van der Waals surface area contributed by atoms with Crippen molar-refractivity contribution in [3.8, 4) is 0 Å². The van der Waals surface area contributed by atoms with E-state index in [9.17, 15) is 4.79 Å². The van der Waals surface area contributed by atoms with Crippen molar-refractivity contribution in [1.82, 2.24) is 5.01 Å². The molecular formula is C19H18N4OS. The van der Waals surface area contributed by atoms with Gasteiger partial charge < -0.3 is 11.1 Å². The van der Waals surface area contributed by atoms with Gasteiger partial charge in [-0.2, -0.15) is 5.10 Å². The molecule has 2 aromatic rings. The molecule has 0 bridgehead atoms. The molecule has 126 valence electrons. The van der Waals surface area contributed by atoms with Gasteiger partial charge in [0.1, 0.15) is 0 Å². The van der Waals surface area contributed by atoms with Crippen LogP contribution in [-0.2, 0) is 6.54 Å². The predicted octanol–water partition coefficient (Wildman–Crippen LogP) is 3.50. The standard InChI is InChI=1S/C19H18N4OS/c20-15-6-2-4-8-17(15)21-19(24)18-10-9-14(25-18)12-23-11-13-5-1-3-7-16(13)22-23/h1-10,13H,11-12,20H2,(H,21,24). The lowest BCUT2D eigenvalue weighted by Gasteiger charge is -2.13. The number of rotatable bonds is 4. The van der Waals surface area contributed by atoms with E-state index in [-0.39, 0.29) is 5.91 Å². The Kier molecular flexibility index (Phi) is 4.11. The van der Waals surface area contributed by atoms with Crippen LogP contribution in [-0.4, -0.2) is 23.2 Å². The molecule has 6 heteroatoms. The lowest BCUT2D eigenvalue weighted by Crippen LogP contribution is -2.18. The van der Waals surface area contributed by atoms with Gasteiger partial charge in [-0.1, -0.05) is 30.4 Å². The number of allylic oxidation sites excluding steroid dienone is 3. The van der Waals surface area contributed by atoms with Crippen molar-refractivity contribution in [1.29, 1.82) is 0 Å². The van der Waals surface area contributed by atoms with E-state index in [1.165, 1.54) is 11.3 Å². The number of benzene rings is 1. The van der Waals surface area contributed by atoms with Crippen LogP contribution < -0.4 is 11.1 Å². The zero-order valence-corrected chi connectivity index (χ0v) is 14.4. The first-order chi connectivity index (χ1) is 12.2. The summed E-state index contributed by atoms with van der Waals surface area (Å²) in [5, 5.41) is 9.56. The number of hydrogen-bond donors (Lipinski definition) is 2. The van der Waals surface area contributed by atoms with Crippen molar-refractivity contribution in [3.05, 3.63) is 70.5 Å². The van der Waals surface area contributed by atoms with E-state index < -0.39 is 0 Å². The van der Waals surface area contributed by atoms with Crippen LogP contribution in [0.2, 0.25) is 0 Å². The minimum atomic E-state index is -0.138. The van der Waals surface area contributed by atoms with Crippen LogP contribution in [0.3, 0.4) is 0 Å². The van der Waals surface area contributed by atoms with Crippen LogP contribution >= 0.6 is 11.3 Å². The Morgan fingerprint density at radius 3 is 3.00 bits per heavy atom. The van der Waals surface area contributed by atoms with E-state index in [2.05, 4.69) is 33.7 Å². The topological polar surface area (TPSA) is 70.7 Å². The molecule has 0 spiro atoms. The highest BCUT2D eigenvalue weighted by Gasteiger charge is 2.24. The number of para-hydroxylation sites is 2. The highest BCUT2D eigenvalue weighted by Crippen LogP contribution is 2.25. The summed E-state index contributed by atoms with van der Waals surface area (Å²) in [6, 6.07) is 11.1. The molecule has 1 atom stereocenters. The van der Waals surface area contributed by atoms with Crippen molar-refractivity contribution < 1.29 is 4.79 Å². The van der Waals surface area contributed by atoms with E-state index in [1.54, 1.807) is 12.1 Å². The molecular weight excluding hydrogens is 332 g/mol. The predicted molar refractivity (Wildman–Crippen MR) is 103 cm³/mol. The van der Waals surface area contributed by atoms with Gasteiger partial charge in [0.15, 0.2) is 0 Å². The Morgan fingerprint density at radius 2 is 2.16 bits per heavy atom. The van der Waals surface area contributed by atoms with Crippen LogP contribution in [0, 0.1) is 5.92 Å². The molecule has 0 fully saturated rings. The molecule has 1 aromatic heterocycles. The zero-order chi connectivity index (χ0) is 17.2. The molecule has 2 heterocycles. The second-order valence-corrected chi connectivity index (χ2v) is 7.20. The fraction of sp³-hybridized carbons (Fsp3) is 0.158. The molecule has 1 aliphatic heterocycles. The molecule has 0 saturated carbocycles. The Morgan fingerprint density at radius 1 is 1.28 bits per heavy atom. The molecule has 1 aromatic carbocycles.